The van der Waals surface area contributed by atoms with Gasteiger partial charge in [0, 0.05) is 6.04 Å². The highest BCUT2D eigenvalue weighted by atomic mass is 14.7. The molecule has 0 radical (unpaired) electrons. The monoisotopic (exact) mass is 217 g/mol. The molecule has 0 saturated heterocycles. The molecule has 88 valence electrons. The molecule has 1 aromatic carbocycles. The van der Waals surface area contributed by atoms with E-state index < -0.39 is 0 Å². The molecule has 2 rings (SSSR count). The second-order valence-corrected chi connectivity index (χ2v) is 5.00. The Balaban J connectivity index is 2.18. The van der Waals surface area contributed by atoms with Gasteiger partial charge in [-0.3, -0.25) is 0 Å². The van der Waals surface area contributed by atoms with E-state index in [1.807, 2.05) is 0 Å². The Hall–Kier alpha value is -0.820. The number of nitrogens with two attached hydrogens (primary N) is 1. The summed E-state index contributed by atoms with van der Waals surface area (Å²) in [5.74, 6) is 1.28. The highest BCUT2D eigenvalue weighted by Gasteiger charge is 2.30. The summed E-state index contributed by atoms with van der Waals surface area (Å²) < 4.78 is 0. The second-order valence-electron chi connectivity index (χ2n) is 5.00. The highest BCUT2D eigenvalue weighted by molar-refractivity contribution is 5.36. The van der Waals surface area contributed by atoms with E-state index in [1.165, 1.54) is 36.8 Å². The second kappa shape index (κ2) is 5.01. The molecule has 0 aliphatic heterocycles. The normalized spacial score (nSPS) is 21.1. The van der Waals surface area contributed by atoms with Crippen LogP contribution in [-0.4, -0.2) is 6.04 Å². The van der Waals surface area contributed by atoms with Gasteiger partial charge in [0.1, 0.15) is 0 Å². The van der Waals surface area contributed by atoms with Gasteiger partial charge in [0.2, 0.25) is 0 Å². The smallest absolute Gasteiger partial charge is 0.0136 e. The first-order chi connectivity index (χ1) is 7.77. The van der Waals surface area contributed by atoms with Gasteiger partial charge >= 0.3 is 0 Å². The van der Waals surface area contributed by atoms with E-state index in [0.29, 0.717) is 17.9 Å². The van der Waals surface area contributed by atoms with Crippen molar-refractivity contribution >= 4 is 0 Å². The Kier molecular flexibility index (Phi) is 3.65. The van der Waals surface area contributed by atoms with Gasteiger partial charge in [-0.1, -0.05) is 51.0 Å². The summed E-state index contributed by atoms with van der Waals surface area (Å²) in [6.45, 7) is 4.52. The van der Waals surface area contributed by atoms with Crippen LogP contribution >= 0.6 is 0 Å². The van der Waals surface area contributed by atoms with Crippen LogP contribution in [0.1, 0.15) is 50.2 Å². The summed E-state index contributed by atoms with van der Waals surface area (Å²) in [5.41, 5.74) is 9.50. The number of hydrogen-bond donors (Lipinski definition) is 1. The summed E-state index contributed by atoms with van der Waals surface area (Å²) in [4.78, 5) is 0. The Bertz CT molecular complexity index is 341. The topological polar surface area (TPSA) is 26.0 Å². The van der Waals surface area contributed by atoms with E-state index in [1.54, 1.807) is 0 Å². The third kappa shape index (κ3) is 2.01. The molecule has 0 fully saturated rings. The molecule has 16 heavy (non-hydrogen) atoms. The van der Waals surface area contributed by atoms with Crippen molar-refractivity contribution in [2.45, 2.75) is 51.5 Å². The van der Waals surface area contributed by atoms with Crippen molar-refractivity contribution in [2.24, 2.45) is 11.7 Å². The molecule has 0 bridgehead atoms. The van der Waals surface area contributed by atoms with E-state index in [0.717, 1.165) is 0 Å². The maximum atomic E-state index is 6.46. The fourth-order valence-electron chi connectivity index (χ4n) is 3.15. The van der Waals surface area contributed by atoms with Gasteiger partial charge in [-0.25, -0.2) is 0 Å². The van der Waals surface area contributed by atoms with E-state index in [4.69, 9.17) is 5.73 Å². The number of benzene rings is 1. The fraction of sp³-hybridized carbons (Fsp3) is 0.600. The van der Waals surface area contributed by atoms with Crippen molar-refractivity contribution < 1.29 is 0 Å². The Morgan fingerprint density at radius 2 is 1.94 bits per heavy atom. The van der Waals surface area contributed by atoms with Crippen LogP contribution in [-0.2, 0) is 6.42 Å². The standard InChI is InChI=1S/C15H23N/c1-3-11(4-2)15(16)14-10-9-12-7-5-6-8-13(12)14/h5-8,11,14-15H,3-4,9-10,16H2,1-2H3. The van der Waals surface area contributed by atoms with Gasteiger partial charge in [0.15, 0.2) is 0 Å². The number of hydrogen-bond acceptors (Lipinski definition) is 1. The third-order valence-electron chi connectivity index (χ3n) is 4.24. The zero-order valence-corrected chi connectivity index (χ0v) is 10.4. The quantitative estimate of drug-likeness (QED) is 0.821. The van der Waals surface area contributed by atoms with E-state index in [2.05, 4.69) is 38.1 Å². The zero-order valence-electron chi connectivity index (χ0n) is 10.4. The molecule has 0 spiro atoms. The predicted octanol–water partition coefficient (Wildman–Crippen LogP) is 3.48. The summed E-state index contributed by atoms with van der Waals surface area (Å²) in [6, 6.07) is 9.17. The van der Waals surface area contributed by atoms with Crippen LogP contribution in [0.4, 0.5) is 0 Å². The Morgan fingerprint density at radius 3 is 2.62 bits per heavy atom. The minimum Gasteiger partial charge on any atom is -0.327 e. The van der Waals surface area contributed by atoms with Crippen molar-refractivity contribution in [2.75, 3.05) is 0 Å². The lowest BCUT2D eigenvalue weighted by molar-refractivity contribution is 0.345. The summed E-state index contributed by atoms with van der Waals surface area (Å²) in [5, 5.41) is 0. The maximum absolute atomic E-state index is 6.46. The molecule has 1 aromatic rings. The molecule has 2 unspecified atom stereocenters. The molecule has 1 nitrogen and oxygen atoms in total. The first-order valence-corrected chi connectivity index (χ1v) is 6.61. The average molecular weight is 217 g/mol. The molecule has 0 heterocycles. The third-order valence-corrected chi connectivity index (χ3v) is 4.24. The average Bonchev–Trinajstić information content (AvgIpc) is 2.74. The Labute approximate surface area is 99.0 Å². The molecule has 1 aliphatic carbocycles. The van der Waals surface area contributed by atoms with Crippen LogP contribution < -0.4 is 5.73 Å². The molecule has 2 N–H and O–H groups in total. The molecular weight excluding hydrogens is 194 g/mol. The van der Waals surface area contributed by atoms with Crippen molar-refractivity contribution in [3.63, 3.8) is 0 Å². The van der Waals surface area contributed by atoms with E-state index >= 15 is 0 Å². The van der Waals surface area contributed by atoms with Crippen molar-refractivity contribution in [3.8, 4) is 0 Å². The van der Waals surface area contributed by atoms with Crippen LogP contribution in [0.2, 0.25) is 0 Å². The van der Waals surface area contributed by atoms with E-state index in [9.17, 15) is 0 Å². The summed E-state index contributed by atoms with van der Waals surface area (Å²) in [7, 11) is 0. The van der Waals surface area contributed by atoms with Gasteiger partial charge in [-0.15, -0.1) is 0 Å². The molecular formula is C15H23N. The minimum atomic E-state index is 0.346. The lowest BCUT2D eigenvalue weighted by Crippen LogP contribution is -2.34. The Morgan fingerprint density at radius 1 is 1.25 bits per heavy atom. The molecule has 0 amide bonds. The maximum Gasteiger partial charge on any atom is 0.0136 e. The minimum absolute atomic E-state index is 0.346. The van der Waals surface area contributed by atoms with Crippen LogP contribution in [0.5, 0.6) is 0 Å². The first-order valence-electron chi connectivity index (χ1n) is 6.61. The lowest BCUT2D eigenvalue weighted by atomic mass is 9.82. The van der Waals surface area contributed by atoms with Gasteiger partial charge in [-0.05, 0) is 35.8 Å². The van der Waals surface area contributed by atoms with Crippen LogP contribution in [0.25, 0.3) is 0 Å². The fourth-order valence-corrected chi connectivity index (χ4v) is 3.15. The van der Waals surface area contributed by atoms with E-state index in [-0.39, 0.29) is 0 Å². The number of fused-ring (bicyclic) bond motifs is 1. The summed E-state index contributed by atoms with van der Waals surface area (Å²) in [6.07, 6.45) is 4.87. The van der Waals surface area contributed by atoms with Crippen LogP contribution in [0, 0.1) is 5.92 Å². The van der Waals surface area contributed by atoms with Gasteiger partial charge in [0.25, 0.3) is 0 Å². The number of rotatable bonds is 4. The van der Waals surface area contributed by atoms with Gasteiger partial charge in [-0.2, -0.15) is 0 Å². The molecule has 1 aliphatic rings. The SMILES string of the molecule is CCC(CC)C(N)C1CCc2ccccc21. The lowest BCUT2D eigenvalue weighted by Gasteiger charge is -2.27. The number of aryl methyl sites for hydroxylation is 1. The first kappa shape index (κ1) is 11.7. The highest BCUT2D eigenvalue weighted by Crippen LogP contribution is 2.37. The molecule has 0 saturated carbocycles. The van der Waals surface area contributed by atoms with Crippen molar-refractivity contribution in [1.29, 1.82) is 0 Å². The summed E-state index contributed by atoms with van der Waals surface area (Å²) >= 11 is 0. The van der Waals surface area contributed by atoms with Crippen molar-refractivity contribution in [3.05, 3.63) is 35.4 Å². The van der Waals surface area contributed by atoms with Gasteiger partial charge < -0.3 is 5.73 Å². The molecule has 0 aromatic heterocycles. The molecule has 2 atom stereocenters. The largest absolute Gasteiger partial charge is 0.327 e. The zero-order chi connectivity index (χ0) is 11.5. The van der Waals surface area contributed by atoms with Gasteiger partial charge in [0.05, 0.1) is 0 Å². The molecule has 1 heteroatoms. The van der Waals surface area contributed by atoms with Crippen molar-refractivity contribution in [1.82, 2.24) is 0 Å². The predicted molar refractivity (Wildman–Crippen MR) is 69.6 cm³/mol. The van der Waals surface area contributed by atoms with Crippen LogP contribution in [0.15, 0.2) is 24.3 Å². The van der Waals surface area contributed by atoms with Crippen LogP contribution in [0.3, 0.4) is 0 Å².